The van der Waals surface area contributed by atoms with Gasteiger partial charge in [0.2, 0.25) is 0 Å². The van der Waals surface area contributed by atoms with Crippen molar-refractivity contribution in [2.75, 3.05) is 0 Å². The molecule has 0 spiro atoms. The van der Waals surface area contributed by atoms with Gasteiger partial charge in [-0.3, -0.25) is 4.99 Å². The maximum Gasteiger partial charge on any atom is 0.102 e. The van der Waals surface area contributed by atoms with Crippen LogP contribution in [0.25, 0.3) is 0 Å². The molecular weight excluding hydrogens is 150 g/mol. The molecular formula is C6H11NS2. The largest absolute Gasteiger partial charge is 0.254 e. The molecule has 0 saturated heterocycles. The Morgan fingerprint density at radius 3 is 2.78 bits per heavy atom. The molecule has 9 heavy (non-hydrogen) atoms. The summed E-state index contributed by atoms with van der Waals surface area (Å²) in [4.78, 5) is 4.06. The van der Waals surface area contributed by atoms with Crippen molar-refractivity contribution in [1.29, 1.82) is 0 Å². The highest BCUT2D eigenvalue weighted by atomic mass is 33.1. The first-order valence-electron chi connectivity index (χ1n) is 2.85. The first-order valence-corrected chi connectivity index (χ1v) is 4.72. The van der Waals surface area contributed by atoms with Crippen LogP contribution in [-0.2, 0) is 0 Å². The Balaban J connectivity index is 3.81. The van der Waals surface area contributed by atoms with Gasteiger partial charge < -0.3 is 0 Å². The van der Waals surface area contributed by atoms with E-state index in [0.29, 0.717) is 0 Å². The zero-order valence-electron chi connectivity index (χ0n) is 5.66. The van der Waals surface area contributed by atoms with Gasteiger partial charge in [0.15, 0.2) is 0 Å². The van der Waals surface area contributed by atoms with E-state index in [0.717, 1.165) is 11.4 Å². The molecule has 0 aliphatic rings. The minimum absolute atomic E-state index is 0.975. The Kier molecular flexibility index (Phi) is 6.31. The van der Waals surface area contributed by atoms with E-state index in [1.807, 2.05) is 13.0 Å². The summed E-state index contributed by atoms with van der Waals surface area (Å²) in [5, 5.41) is 0.975. The van der Waals surface area contributed by atoms with Crippen LogP contribution in [0, 0.1) is 0 Å². The molecule has 52 valence electrons. The highest BCUT2D eigenvalue weighted by Gasteiger charge is 1.85. The highest BCUT2D eigenvalue weighted by Crippen LogP contribution is 2.20. The molecule has 0 aliphatic carbocycles. The molecule has 0 saturated carbocycles. The molecule has 0 radical (unpaired) electrons. The summed E-state index contributed by atoms with van der Waals surface area (Å²) in [6, 6.07) is 0. The van der Waals surface area contributed by atoms with Crippen molar-refractivity contribution in [3.05, 3.63) is 11.1 Å². The van der Waals surface area contributed by atoms with Crippen LogP contribution in [0.1, 0.15) is 20.3 Å². The molecule has 0 bridgehead atoms. The Morgan fingerprint density at radius 1 is 1.78 bits per heavy atom. The lowest BCUT2D eigenvalue weighted by Gasteiger charge is -1.90. The molecule has 0 heterocycles. The number of nitrogens with zero attached hydrogens (tertiary/aromatic N) is 1. The SMILES string of the molecule is C/C=N\C(=C/CC)SS. The normalized spacial score (nSPS) is 13.0. The van der Waals surface area contributed by atoms with Crippen molar-refractivity contribution in [2.24, 2.45) is 4.99 Å². The van der Waals surface area contributed by atoms with Crippen molar-refractivity contribution in [3.63, 3.8) is 0 Å². The molecule has 0 aromatic carbocycles. The molecule has 0 atom stereocenters. The van der Waals surface area contributed by atoms with Gasteiger partial charge in [0.1, 0.15) is 5.03 Å². The third-order valence-electron chi connectivity index (χ3n) is 0.729. The van der Waals surface area contributed by atoms with Crippen LogP contribution < -0.4 is 0 Å². The van der Waals surface area contributed by atoms with E-state index in [4.69, 9.17) is 0 Å². The minimum atomic E-state index is 0.975. The van der Waals surface area contributed by atoms with Crippen LogP contribution in [0.15, 0.2) is 16.1 Å². The lowest BCUT2D eigenvalue weighted by atomic mass is 10.5. The Morgan fingerprint density at radius 2 is 2.44 bits per heavy atom. The highest BCUT2D eigenvalue weighted by molar-refractivity contribution is 8.70. The fourth-order valence-electron chi connectivity index (χ4n) is 0.415. The van der Waals surface area contributed by atoms with Gasteiger partial charge in [0.25, 0.3) is 0 Å². The molecule has 0 aliphatic heterocycles. The second-order valence-electron chi connectivity index (χ2n) is 1.43. The van der Waals surface area contributed by atoms with Gasteiger partial charge in [-0.05, 0) is 24.1 Å². The molecule has 0 aromatic heterocycles. The lowest BCUT2D eigenvalue weighted by Crippen LogP contribution is -1.66. The summed E-state index contributed by atoms with van der Waals surface area (Å²) in [6.45, 7) is 3.97. The van der Waals surface area contributed by atoms with Crippen LogP contribution in [0.5, 0.6) is 0 Å². The first-order chi connectivity index (χ1) is 4.35. The van der Waals surface area contributed by atoms with Crippen molar-refractivity contribution >= 4 is 28.7 Å². The third-order valence-corrected chi connectivity index (χ3v) is 1.75. The average Bonchev–Trinajstić information content (AvgIpc) is 1.88. The standard InChI is InChI=1S/C6H11NS2/c1-3-5-6(9-8)7-4-2/h4-5,8H,3H2,1-2H3/b6-5+,7-4-. The number of aliphatic imine (C=N–C) groups is 1. The number of allylic oxidation sites excluding steroid dienone is 1. The van der Waals surface area contributed by atoms with Crippen molar-refractivity contribution in [3.8, 4) is 0 Å². The summed E-state index contributed by atoms with van der Waals surface area (Å²) in [6.07, 6.45) is 4.82. The number of thiol groups is 1. The van der Waals surface area contributed by atoms with Gasteiger partial charge in [-0.1, -0.05) is 13.0 Å². The molecule has 1 nitrogen and oxygen atoms in total. The average molecular weight is 161 g/mol. The van der Waals surface area contributed by atoms with E-state index >= 15 is 0 Å². The van der Waals surface area contributed by atoms with Gasteiger partial charge in [-0.2, -0.15) is 0 Å². The van der Waals surface area contributed by atoms with Crippen molar-refractivity contribution in [1.82, 2.24) is 0 Å². The van der Waals surface area contributed by atoms with Gasteiger partial charge in [0, 0.05) is 6.21 Å². The molecule has 0 rings (SSSR count). The van der Waals surface area contributed by atoms with Crippen LogP contribution in [0.3, 0.4) is 0 Å². The smallest absolute Gasteiger partial charge is 0.102 e. The molecule has 0 amide bonds. The van der Waals surface area contributed by atoms with Crippen molar-refractivity contribution in [2.45, 2.75) is 20.3 Å². The molecule has 0 fully saturated rings. The molecule has 3 heteroatoms. The fraction of sp³-hybridized carbons (Fsp3) is 0.500. The van der Waals surface area contributed by atoms with E-state index in [1.54, 1.807) is 6.21 Å². The second kappa shape index (κ2) is 6.23. The van der Waals surface area contributed by atoms with Gasteiger partial charge in [-0.15, -0.1) is 11.7 Å². The first kappa shape index (κ1) is 9.11. The van der Waals surface area contributed by atoms with Gasteiger partial charge in [0.05, 0.1) is 0 Å². The Labute approximate surface area is 65.4 Å². The topological polar surface area (TPSA) is 12.4 Å². The predicted molar refractivity (Wildman–Crippen MR) is 49.1 cm³/mol. The third kappa shape index (κ3) is 4.60. The van der Waals surface area contributed by atoms with Crippen LogP contribution in [-0.4, -0.2) is 6.21 Å². The number of rotatable bonds is 3. The summed E-state index contributed by atoms with van der Waals surface area (Å²) in [5.74, 6) is 0. The molecule has 0 aromatic rings. The lowest BCUT2D eigenvalue weighted by molar-refractivity contribution is 1.21. The van der Waals surface area contributed by atoms with E-state index in [2.05, 4.69) is 23.6 Å². The summed E-state index contributed by atoms with van der Waals surface area (Å²) < 4.78 is 0. The van der Waals surface area contributed by atoms with Gasteiger partial charge >= 0.3 is 0 Å². The van der Waals surface area contributed by atoms with E-state index in [-0.39, 0.29) is 0 Å². The van der Waals surface area contributed by atoms with E-state index < -0.39 is 0 Å². The molecule has 0 unspecified atom stereocenters. The quantitative estimate of drug-likeness (QED) is 0.381. The monoisotopic (exact) mass is 161 g/mol. The Hall–Kier alpha value is 0.110. The zero-order valence-corrected chi connectivity index (χ0v) is 7.38. The second-order valence-corrected chi connectivity index (χ2v) is 2.58. The summed E-state index contributed by atoms with van der Waals surface area (Å²) >= 11 is 4.02. The number of hydrogen-bond donors (Lipinski definition) is 1. The van der Waals surface area contributed by atoms with E-state index in [9.17, 15) is 0 Å². The minimum Gasteiger partial charge on any atom is -0.254 e. The van der Waals surface area contributed by atoms with E-state index in [1.165, 1.54) is 10.8 Å². The molecule has 0 N–H and O–H groups in total. The predicted octanol–water partition coefficient (Wildman–Crippen LogP) is 2.91. The Bertz CT molecular complexity index is 118. The van der Waals surface area contributed by atoms with Gasteiger partial charge in [-0.25, -0.2) is 0 Å². The van der Waals surface area contributed by atoms with Crippen LogP contribution in [0.4, 0.5) is 0 Å². The van der Waals surface area contributed by atoms with Crippen LogP contribution in [0.2, 0.25) is 0 Å². The number of hydrogen-bond acceptors (Lipinski definition) is 3. The maximum atomic E-state index is 4.06. The fourth-order valence-corrected chi connectivity index (χ4v) is 1.17. The summed E-state index contributed by atoms with van der Waals surface area (Å²) in [7, 11) is 1.38. The van der Waals surface area contributed by atoms with Crippen molar-refractivity contribution < 1.29 is 0 Å². The zero-order chi connectivity index (χ0) is 7.11. The van der Waals surface area contributed by atoms with Crippen LogP contribution >= 0.6 is 22.5 Å². The maximum absolute atomic E-state index is 4.06. The summed E-state index contributed by atoms with van der Waals surface area (Å²) in [5.41, 5.74) is 0.